The summed E-state index contributed by atoms with van der Waals surface area (Å²) >= 11 is 0. The maximum atomic E-state index is 12.0. The molecule has 2 heterocycles. The SMILES string of the molecule is C[Si](C)(C)C#C/C=C/c1cn([C@H]2C[C@H](O)[C@@H](CO)O2)c(=O)[nH]c1=O. The Morgan fingerprint density at radius 3 is 2.75 bits per heavy atom. The monoisotopic (exact) mass is 350 g/mol. The zero-order chi connectivity index (χ0) is 17.9. The first-order valence-electron chi connectivity index (χ1n) is 7.70. The van der Waals surface area contributed by atoms with Crippen molar-refractivity contribution in [1.82, 2.24) is 9.55 Å². The minimum absolute atomic E-state index is 0.162. The molecule has 0 spiro atoms. The summed E-state index contributed by atoms with van der Waals surface area (Å²) in [5, 5.41) is 18.9. The van der Waals surface area contributed by atoms with E-state index in [1.807, 2.05) is 0 Å². The van der Waals surface area contributed by atoms with E-state index >= 15 is 0 Å². The van der Waals surface area contributed by atoms with Crippen molar-refractivity contribution in [3.05, 3.63) is 38.7 Å². The number of aromatic nitrogens is 2. The summed E-state index contributed by atoms with van der Waals surface area (Å²) in [5.41, 5.74) is 2.28. The molecule has 7 nitrogen and oxygen atoms in total. The van der Waals surface area contributed by atoms with E-state index in [4.69, 9.17) is 9.84 Å². The van der Waals surface area contributed by atoms with Gasteiger partial charge in [-0.3, -0.25) is 14.3 Å². The van der Waals surface area contributed by atoms with Crippen LogP contribution < -0.4 is 11.2 Å². The summed E-state index contributed by atoms with van der Waals surface area (Å²) in [6, 6.07) is 0. The molecule has 0 unspecified atom stereocenters. The average molecular weight is 350 g/mol. The van der Waals surface area contributed by atoms with Gasteiger partial charge < -0.3 is 14.9 Å². The van der Waals surface area contributed by atoms with Crippen molar-refractivity contribution in [1.29, 1.82) is 0 Å². The molecular weight excluding hydrogens is 328 g/mol. The minimum Gasteiger partial charge on any atom is -0.394 e. The predicted octanol–water partition coefficient (Wildman–Crippen LogP) is 0.0713. The van der Waals surface area contributed by atoms with E-state index in [9.17, 15) is 14.7 Å². The fraction of sp³-hybridized carbons (Fsp3) is 0.500. The Kier molecular flexibility index (Phi) is 5.61. The Hall–Kier alpha value is -1.92. The standard InChI is InChI=1S/C16H22N2O5Si/c1-24(2,3)7-5-4-6-11-9-18(16(22)17-15(11)21)14-8-12(20)13(10-19)23-14/h4,6,9,12-14,19-20H,8,10H2,1-3H3,(H,17,21,22)/b6-4+/t12-,13+,14+/m0/s1. The van der Waals surface area contributed by atoms with Gasteiger partial charge in [-0.25, -0.2) is 4.79 Å². The van der Waals surface area contributed by atoms with Gasteiger partial charge in [0.05, 0.1) is 18.3 Å². The number of aromatic amines is 1. The van der Waals surface area contributed by atoms with E-state index in [-0.39, 0.29) is 18.6 Å². The van der Waals surface area contributed by atoms with Gasteiger partial charge in [0.15, 0.2) is 0 Å². The van der Waals surface area contributed by atoms with Crippen molar-refractivity contribution in [2.24, 2.45) is 0 Å². The molecule has 1 aliphatic rings. The Labute approximate surface area is 140 Å². The van der Waals surface area contributed by atoms with E-state index < -0.39 is 37.8 Å². The van der Waals surface area contributed by atoms with Crippen LogP contribution in [0.25, 0.3) is 6.08 Å². The van der Waals surface area contributed by atoms with Gasteiger partial charge in [0.1, 0.15) is 20.4 Å². The van der Waals surface area contributed by atoms with Crippen molar-refractivity contribution in [2.45, 2.75) is 44.5 Å². The highest BCUT2D eigenvalue weighted by Gasteiger charge is 2.35. The molecule has 0 aromatic carbocycles. The predicted molar refractivity (Wildman–Crippen MR) is 93.1 cm³/mol. The van der Waals surface area contributed by atoms with Gasteiger partial charge in [0.2, 0.25) is 0 Å². The highest BCUT2D eigenvalue weighted by atomic mass is 28.3. The second-order valence-corrected chi connectivity index (χ2v) is 11.5. The highest BCUT2D eigenvalue weighted by Crippen LogP contribution is 2.27. The van der Waals surface area contributed by atoms with Crippen LogP contribution in [0.4, 0.5) is 0 Å². The normalized spacial score (nSPS) is 24.1. The van der Waals surface area contributed by atoms with Crippen LogP contribution in [0.2, 0.25) is 19.6 Å². The number of allylic oxidation sites excluding steroid dienone is 1. The molecule has 3 atom stereocenters. The van der Waals surface area contributed by atoms with Crippen LogP contribution in [0.5, 0.6) is 0 Å². The van der Waals surface area contributed by atoms with Crippen molar-refractivity contribution >= 4 is 14.1 Å². The van der Waals surface area contributed by atoms with Gasteiger partial charge in [-0.2, -0.15) is 0 Å². The smallest absolute Gasteiger partial charge is 0.330 e. The van der Waals surface area contributed by atoms with Gasteiger partial charge >= 0.3 is 5.69 Å². The molecule has 2 rings (SSSR count). The lowest BCUT2D eigenvalue weighted by molar-refractivity contribution is -0.0459. The quantitative estimate of drug-likeness (QED) is 0.529. The number of H-pyrrole nitrogens is 1. The summed E-state index contributed by atoms with van der Waals surface area (Å²) in [6.45, 7) is 6.00. The van der Waals surface area contributed by atoms with Gasteiger partial charge in [-0.05, 0) is 12.2 Å². The van der Waals surface area contributed by atoms with Gasteiger partial charge in [0.25, 0.3) is 5.56 Å². The molecule has 1 aromatic heterocycles. The van der Waals surface area contributed by atoms with Gasteiger partial charge in [-0.1, -0.05) is 25.6 Å². The topological polar surface area (TPSA) is 105 Å². The maximum Gasteiger partial charge on any atom is 0.330 e. The summed E-state index contributed by atoms with van der Waals surface area (Å²) < 4.78 is 6.66. The highest BCUT2D eigenvalue weighted by molar-refractivity contribution is 6.83. The fourth-order valence-electron chi connectivity index (χ4n) is 2.27. The summed E-state index contributed by atoms with van der Waals surface area (Å²) in [7, 11) is -1.49. The molecule has 130 valence electrons. The number of aliphatic hydroxyl groups is 2. The maximum absolute atomic E-state index is 12.0. The lowest BCUT2D eigenvalue weighted by Gasteiger charge is -2.14. The number of rotatable bonds is 3. The number of nitrogens with one attached hydrogen (secondary N) is 1. The van der Waals surface area contributed by atoms with Crippen LogP contribution in [-0.2, 0) is 4.74 Å². The second kappa shape index (κ2) is 7.32. The van der Waals surface area contributed by atoms with Crippen molar-refractivity contribution in [3.63, 3.8) is 0 Å². The van der Waals surface area contributed by atoms with E-state index in [0.717, 1.165) is 0 Å². The Morgan fingerprint density at radius 2 is 2.17 bits per heavy atom. The minimum atomic E-state index is -1.49. The van der Waals surface area contributed by atoms with E-state index in [0.29, 0.717) is 0 Å². The molecular formula is C16H22N2O5Si. The Bertz CT molecular complexity index is 794. The molecule has 0 bridgehead atoms. The molecule has 1 aromatic rings. The number of hydrogen-bond donors (Lipinski definition) is 3. The third-order valence-electron chi connectivity index (χ3n) is 3.48. The van der Waals surface area contributed by atoms with Crippen LogP contribution in [0.1, 0.15) is 18.2 Å². The molecule has 0 saturated carbocycles. The largest absolute Gasteiger partial charge is 0.394 e. The van der Waals surface area contributed by atoms with Crippen molar-refractivity contribution in [3.8, 4) is 11.5 Å². The molecule has 0 aliphatic carbocycles. The van der Waals surface area contributed by atoms with E-state index in [1.165, 1.54) is 16.8 Å². The van der Waals surface area contributed by atoms with Crippen molar-refractivity contribution < 1.29 is 14.9 Å². The third kappa shape index (κ3) is 4.55. The first-order valence-corrected chi connectivity index (χ1v) is 11.2. The number of ether oxygens (including phenoxy) is 1. The summed E-state index contributed by atoms with van der Waals surface area (Å²) in [5.74, 6) is 2.91. The lowest BCUT2D eigenvalue weighted by atomic mass is 10.2. The first-order chi connectivity index (χ1) is 11.2. The van der Waals surface area contributed by atoms with Crippen LogP contribution >= 0.6 is 0 Å². The lowest BCUT2D eigenvalue weighted by Crippen LogP contribution is -2.33. The summed E-state index contributed by atoms with van der Waals surface area (Å²) in [6.07, 6.45) is 2.33. The van der Waals surface area contributed by atoms with E-state index in [1.54, 1.807) is 6.08 Å². The Balaban J connectivity index is 2.29. The third-order valence-corrected chi connectivity index (χ3v) is 4.38. The number of aliphatic hydroxyl groups excluding tert-OH is 2. The molecule has 1 fully saturated rings. The second-order valence-electron chi connectivity index (χ2n) is 6.72. The fourth-order valence-corrected chi connectivity index (χ4v) is 2.79. The van der Waals surface area contributed by atoms with Gasteiger partial charge in [0, 0.05) is 12.6 Å². The molecule has 0 radical (unpaired) electrons. The molecule has 3 N–H and O–H groups in total. The Morgan fingerprint density at radius 1 is 1.46 bits per heavy atom. The molecule has 0 amide bonds. The molecule has 24 heavy (non-hydrogen) atoms. The average Bonchev–Trinajstić information content (AvgIpc) is 2.85. The number of nitrogens with zero attached hydrogens (tertiary/aromatic N) is 1. The first kappa shape index (κ1) is 18.4. The summed E-state index contributed by atoms with van der Waals surface area (Å²) in [4.78, 5) is 26.1. The molecule has 1 aliphatic heterocycles. The molecule has 8 heteroatoms. The van der Waals surface area contributed by atoms with Crippen LogP contribution in [-0.4, -0.2) is 46.7 Å². The van der Waals surface area contributed by atoms with Crippen LogP contribution in [0.3, 0.4) is 0 Å². The van der Waals surface area contributed by atoms with Crippen LogP contribution in [0.15, 0.2) is 21.9 Å². The van der Waals surface area contributed by atoms with Crippen molar-refractivity contribution in [2.75, 3.05) is 6.61 Å². The molecule has 1 saturated heterocycles. The zero-order valence-electron chi connectivity index (χ0n) is 13.9. The van der Waals surface area contributed by atoms with Gasteiger partial charge in [-0.15, -0.1) is 5.54 Å². The zero-order valence-corrected chi connectivity index (χ0v) is 14.9. The van der Waals surface area contributed by atoms with Crippen LogP contribution in [0, 0.1) is 11.5 Å². The number of hydrogen-bond acceptors (Lipinski definition) is 5. The van der Waals surface area contributed by atoms with E-state index in [2.05, 4.69) is 36.1 Å².